The molecule has 0 saturated heterocycles. The maximum absolute atomic E-state index is 5.35. The molecule has 3 nitrogen and oxygen atoms in total. The van der Waals surface area contributed by atoms with E-state index in [2.05, 4.69) is 24.4 Å². The van der Waals surface area contributed by atoms with Crippen LogP contribution in [-0.4, -0.2) is 26.8 Å². The van der Waals surface area contributed by atoms with Crippen LogP contribution < -0.4 is 14.8 Å². The van der Waals surface area contributed by atoms with Crippen LogP contribution in [0.4, 0.5) is 0 Å². The first-order chi connectivity index (χ1) is 8.78. The summed E-state index contributed by atoms with van der Waals surface area (Å²) in [6.45, 7) is 3.20. The molecule has 0 aliphatic heterocycles. The highest BCUT2D eigenvalue weighted by atomic mass is 16.5. The van der Waals surface area contributed by atoms with E-state index >= 15 is 0 Å². The lowest BCUT2D eigenvalue weighted by Gasteiger charge is -2.21. The molecule has 1 N–H and O–H groups in total. The topological polar surface area (TPSA) is 30.5 Å². The summed E-state index contributed by atoms with van der Waals surface area (Å²) in [4.78, 5) is 0. The van der Waals surface area contributed by atoms with Gasteiger partial charge in [0.15, 0.2) is 0 Å². The van der Waals surface area contributed by atoms with E-state index in [1.54, 1.807) is 14.2 Å². The average Bonchev–Trinajstić information content (AvgIpc) is 2.87. The molecular formula is C15H23NO2. The highest BCUT2D eigenvalue weighted by molar-refractivity contribution is 5.40. The summed E-state index contributed by atoms with van der Waals surface area (Å²) in [6, 6.07) is 6.80. The van der Waals surface area contributed by atoms with E-state index in [1.807, 2.05) is 6.07 Å². The molecule has 3 heteroatoms. The second-order valence-electron chi connectivity index (χ2n) is 4.85. The van der Waals surface area contributed by atoms with Crippen molar-refractivity contribution in [1.29, 1.82) is 0 Å². The lowest BCUT2D eigenvalue weighted by atomic mass is 9.93. The van der Waals surface area contributed by atoms with Gasteiger partial charge in [0.2, 0.25) is 0 Å². The normalized spacial score (nSPS) is 23.1. The first-order valence-corrected chi connectivity index (χ1v) is 6.74. The van der Waals surface area contributed by atoms with Gasteiger partial charge in [0, 0.05) is 12.1 Å². The van der Waals surface area contributed by atoms with Gasteiger partial charge in [0.1, 0.15) is 11.5 Å². The van der Waals surface area contributed by atoms with Gasteiger partial charge in [0.05, 0.1) is 14.2 Å². The summed E-state index contributed by atoms with van der Waals surface area (Å²) in [6.07, 6.45) is 3.80. The fraction of sp³-hybridized carbons (Fsp3) is 0.600. The van der Waals surface area contributed by atoms with E-state index in [4.69, 9.17) is 9.47 Å². The Morgan fingerprint density at radius 1 is 1.11 bits per heavy atom. The second-order valence-corrected chi connectivity index (χ2v) is 4.85. The Morgan fingerprint density at radius 3 is 2.33 bits per heavy atom. The van der Waals surface area contributed by atoms with Crippen molar-refractivity contribution in [2.75, 3.05) is 20.8 Å². The molecule has 0 bridgehead atoms. The number of benzene rings is 1. The number of hydrogen-bond donors (Lipinski definition) is 1. The predicted molar refractivity (Wildman–Crippen MR) is 73.6 cm³/mol. The van der Waals surface area contributed by atoms with Crippen molar-refractivity contribution >= 4 is 0 Å². The molecule has 0 heterocycles. The van der Waals surface area contributed by atoms with Crippen LogP contribution in [0.5, 0.6) is 11.5 Å². The van der Waals surface area contributed by atoms with E-state index in [0.29, 0.717) is 12.0 Å². The molecule has 1 fully saturated rings. The quantitative estimate of drug-likeness (QED) is 0.870. The number of methoxy groups -OCH3 is 2. The lowest BCUT2D eigenvalue weighted by Crippen LogP contribution is -2.30. The summed E-state index contributed by atoms with van der Waals surface area (Å²) in [5.41, 5.74) is 1.33. The molecule has 0 aromatic heterocycles. The molecule has 18 heavy (non-hydrogen) atoms. The second kappa shape index (κ2) is 6.10. The van der Waals surface area contributed by atoms with Gasteiger partial charge < -0.3 is 14.8 Å². The standard InChI is InChI=1S/C15H23NO2/c1-4-16-15-7-5-6-14(15)11-8-12(17-2)10-13(9-11)18-3/h8-10,14-16H,4-7H2,1-3H3. The van der Waals surface area contributed by atoms with Crippen LogP contribution in [0.25, 0.3) is 0 Å². The number of ether oxygens (including phenoxy) is 2. The molecule has 1 aliphatic carbocycles. The smallest absolute Gasteiger partial charge is 0.122 e. The Labute approximate surface area is 109 Å². The minimum atomic E-state index is 0.578. The number of hydrogen-bond acceptors (Lipinski definition) is 3. The van der Waals surface area contributed by atoms with Crippen molar-refractivity contribution in [3.63, 3.8) is 0 Å². The van der Waals surface area contributed by atoms with Gasteiger partial charge in [-0.2, -0.15) is 0 Å². The average molecular weight is 249 g/mol. The lowest BCUT2D eigenvalue weighted by molar-refractivity contribution is 0.391. The predicted octanol–water partition coefficient (Wildman–Crippen LogP) is 2.95. The van der Waals surface area contributed by atoms with Crippen molar-refractivity contribution in [2.24, 2.45) is 0 Å². The zero-order valence-corrected chi connectivity index (χ0v) is 11.5. The molecule has 2 rings (SSSR count). The highest BCUT2D eigenvalue weighted by Crippen LogP contribution is 2.37. The minimum Gasteiger partial charge on any atom is -0.497 e. The van der Waals surface area contributed by atoms with Gasteiger partial charge in [-0.1, -0.05) is 13.3 Å². The number of rotatable bonds is 5. The maximum Gasteiger partial charge on any atom is 0.122 e. The third-order valence-electron chi connectivity index (χ3n) is 3.78. The van der Waals surface area contributed by atoms with Gasteiger partial charge in [0.25, 0.3) is 0 Å². The van der Waals surface area contributed by atoms with Gasteiger partial charge in [-0.3, -0.25) is 0 Å². The van der Waals surface area contributed by atoms with Crippen molar-refractivity contribution in [3.8, 4) is 11.5 Å². The van der Waals surface area contributed by atoms with Crippen LogP contribution in [0.1, 0.15) is 37.7 Å². The Morgan fingerprint density at radius 2 is 1.78 bits per heavy atom. The Bertz CT molecular complexity index is 370. The van der Waals surface area contributed by atoms with Crippen molar-refractivity contribution in [2.45, 2.75) is 38.1 Å². The summed E-state index contributed by atoms with van der Waals surface area (Å²) in [5.74, 6) is 2.34. The molecule has 2 unspecified atom stereocenters. The van der Waals surface area contributed by atoms with Crippen LogP contribution in [0.2, 0.25) is 0 Å². The van der Waals surface area contributed by atoms with E-state index < -0.39 is 0 Å². The first kappa shape index (κ1) is 13.2. The molecule has 0 radical (unpaired) electrons. The van der Waals surface area contributed by atoms with Crippen molar-refractivity contribution in [3.05, 3.63) is 23.8 Å². The molecule has 0 amide bonds. The highest BCUT2D eigenvalue weighted by Gasteiger charge is 2.28. The molecule has 0 spiro atoms. The minimum absolute atomic E-state index is 0.578. The van der Waals surface area contributed by atoms with Crippen LogP contribution in [-0.2, 0) is 0 Å². The maximum atomic E-state index is 5.35. The summed E-state index contributed by atoms with van der Waals surface area (Å²) < 4.78 is 10.7. The SMILES string of the molecule is CCNC1CCCC1c1cc(OC)cc(OC)c1. The zero-order valence-electron chi connectivity index (χ0n) is 11.5. The van der Waals surface area contributed by atoms with E-state index in [0.717, 1.165) is 18.0 Å². The van der Waals surface area contributed by atoms with Gasteiger partial charge >= 0.3 is 0 Å². The molecular weight excluding hydrogens is 226 g/mol. The third kappa shape index (κ3) is 2.78. The Kier molecular flexibility index (Phi) is 4.48. The molecule has 100 valence electrons. The summed E-state index contributed by atoms with van der Waals surface area (Å²) in [7, 11) is 3.41. The van der Waals surface area contributed by atoms with Crippen LogP contribution in [0.3, 0.4) is 0 Å². The summed E-state index contributed by atoms with van der Waals surface area (Å²) in [5, 5.41) is 3.59. The van der Waals surface area contributed by atoms with E-state index in [9.17, 15) is 0 Å². The number of nitrogens with one attached hydrogen (secondary N) is 1. The van der Waals surface area contributed by atoms with Crippen LogP contribution in [0, 0.1) is 0 Å². The van der Waals surface area contributed by atoms with Crippen LogP contribution in [0.15, 0.2) is 18.2 Å². The van der Waals surface area contributed by atoms with E-state index in [1.165, 1.54) is 24.8 Å². The molecule has 1 saturated carbocycles. The first-order valence-electron chi connectivity index (χ1n) is 6.74. The largest absolute Gasteiger partial charge is 0.497 e. The molecule has 1 aliphatic rings. The molecule has 1 aromatic rings. The Hall–Kier alpha value is -1.22. The van der Waals surface area contributed by atoms with Crippen LogP contribution >= 0.6 is 0 Å². The zero-order chi connectivity index (χ0) is 13.0. The van der Waals surface area contributed by atoms with Crippen molar-refractivity contribution in [1.82, 2.24) is 5.32 Å². The van der Waals surface area contributed by atoms with E-state index in [-0.39, 0.29) is 0 Å². The Balaban J connectivity index is 2.25. The van der Waals surface area contributed by atoms with Gasteiger partial charge in [-0.15, -0.1) is 0 Å². The van der Waals surface area contributed by atoms with Gasteiger partial charge in [-0.25, -0.2) is 0 Å². The summed E-state index contributed by atoms with van der Waals surface area (Å²) >= 11 is 0. The van der Waals surface area contributed by atoms with Gasteiger partial charge in [-0.05, 0) is 43.0 Å². The third-order valence-corrected chi connectivity index (χ3v) is 3.78. The molecule has 2 atom stereocenters. The monoisotopic (exact) mass is 249 g/mol. The molecule has 1 aromatic carbocycles. The fourth-order valence-electron chi connectivity index (χ4n) is 2.91. The fourth-order valence-corrected chi connectivity index (χ4v) is 2.91. The number of likely N-dealkylation sites (N-methyl/N-ethyl adjacent to an activating group) is 1. The van der Waals surface area contributed by atoms with Crippen molar-refractivity contribution < 1.29 is 9.47 Å².